The molecule has 0 fully saturated rings. The highest BCUT2D eigenvalue weighted by Gasteiger charge is 2.23. The minimum Gasteiger partial charge on any atom is -0.291 e. The Morgan fingerprint density at radius 2 is 1.13 bits per heavy atom. The average molecular weight is 606 g/mol. The summed E-state index contributed by atoms with van der Waals surface area (Å²) in [5.74, 6) is 0.938. The number of para-hydroxylation sites is 3. The highest BCUT2D eigenvalue weighted by atomic mass is 32.1. The number of rotatable bonds is 5. The van der Waals surface area contributed by atoms with Crippen molar-refractivity contribution in [1.82, 2.24) is 14.5 Å². The van der Waals surface area contributed by atoms with E-state index in [1.54, 1.807) is 0 Å². The lowest BCUT2D eigenvalue weighted by molar-refractivity contribution is 1.11. The summed E-state index contributed by atoms with van der Waals surface area (Å²) in [6, 6.07) is 54.0. The first-order valence-corrected chi connectivity index (χ1v) is 16.2. The number of hydrogen-bond donors (Lipinski definition) is 0. The molecule has 0 aliphatic heterocycles. The standard InChI is InChI=1S/C42H27N3S/c1-3-11-29(12-4-1)32-15-9-16-33(30-13-5-2-6-14-30)40(32)45-38-20-8-7-19-37(38)44-42(45)36-18-10-17-35-34-22-21-31(27-39(34)46-41(35)36)28-23-25-43-26-24-28/h1-27H. The van der Waals surface area contributed by atoms with E-state index in [1.165, 1.54) is 42.4 Å². The van der Waals surface area contributed by atoms with Crippen LogP contribution in [-0.2, 0) is 0 Å². The molecule has 0 atom stereocenters. The van der Waals surface area contributed by atoms with Crippen molar-refractivity contribution >= 4 is 42.5 Å². The molecule has 216 valence electrons. The lowest BCUT2D eigenvalue weighted by Gasteiger charge is -2.20. The predicted octanol–water partition coefficient (Wildman–Crippen LogP) is 11.5. The molecular weight excluding hydrogens is 579 g/mol. The second-order valence-corrected chi connectivity index (χ2v) is 12.5. The van der Waals surface area contributed by atoms with E-state index >= 15 is 0 Å². The number of pyridine rings is 1. The summed E-state index contributed by atoms with van der Waals surface area (Å²) >= 11 is 1.84. The first-order chi connectivity index (χ1) is 22.8. The van der Waals surface area contributed by atoms with E-state index < -0.39 is 0 Å². The minimum absolute atomic E-state index is 0.938. The van der Waals surface area contributed by atoms with Crippen molar-refractivity contribution in [3.8, 4) is 50.5 Å². The molecule has 0 saturated heterocycles. The highest BCUT2D eigenvalue weighted by molar-refractivity contribution is 7.26. The molecule has 9 aromatic rings. The van der Waals surface area contributed by atoms with Crippen LogP contribution in [0.25, 0.3) is 81.7 Å². The highest BCUT2D eigenvalue weighted by Crippen LogP contribution is 2.44. The van der Waals surface area contributed by atoms with Gasteiger partial charge in [-0.1, -0.05) is 115 Å². The van der Waals surface area contributed by atoms with Gasteiger partial charge in [-0.05, 0) is 58.7 Å². The molecule has 4 heteroatoms. The van der Waals surface area contributed by atoms with Crippen LogP contribution in [0.5, 0.6) is 0 Å². The number of imidazole rings is 1. The molecule has 3 nitrogen and oxygen atoms in total. The number of fused-ring (bicyclic) bond motifs is 4. The molecule has 0 N–H and O–H groups in total. The Kier molecular flexibility index (Phi) is 6.32. The Hall–Kier alpha value is -5.84. The van der Waals surface area contributed by atoms with E-state index in [2.05, 4.69) is 161 Å². The lowest BCUT2D eigenvalue weighted by atomic mass is 9.95. The summed E-state index contributed by atoms with van der Waals surface area (Å²) in [7, 11) is 0. The fourth-order valence-corrected chi connectivity index (χ4v) is 7.87. The van der Waals surface area contributed by atoms with Gasteiger partial charge in [0.05, 0.1) is 16.7 Å². The summed E-state index contributed by atoms with van der Waals surface area (Å²) in [4.78, 5) is 9.59. The number of nitrogens with zero attached hydrogens (tertiary/aromatic N) is 3. The van der Waals surface area contributed by atoms with Crippen molar-refractivity contribution in [3.05, 3.63) is 164 Å². The molecule has 46 heavy (non-hydrogen) atoms. The van der Waals surface area contributed by atoms with Gasteiger partial charge < -0.3 is 0 Å². The van der Waals surface area contributed by atoms with Gasteiger partial charge in [0.15, 0.2) is 0 Å². The molecule has 6 aromatic carbocycles. The van der Waals surface area contributed by atoms with E-state index in [9.17, 15) is 0 Å². The average Bonchev–Trinajstić information content (AvgIpc) is 3.71. The Labute approximate surface area is 270 Å². The van der Waals surface area contributed by atoms with Gasteiger partial charge in [-0.15, -0.1) is 11.3 Å². The fourth-order valence-electron chi connectivity index (χ4n) is 6.62. The van der Waals surface area contributed by atoms with Gasteiger partial charge in [0.2, 0.25) is 0 Å². The second-order valence-electron chi connectivity index (χ2n) is 11.4. The topological polar surface area (TPSA) is 30.7 Å². The third kappa shape index (κ3) is 4.34. The molecule has 3 heterocycles. The zero-order valence-electron chi connectivity index (χ0n) is 24.8. The molecule has 0 radical (unpaired) electrons. The lowest BCUT2D eigenvalue weighted by Crippen LogP contribution is -2.03. The first kappa shape index (κ1) is 26.6. The third-order valence-electron chi connectivity index (χ3n) is 8.74. The van der Waals surface area contributed by atoms with Gasteiger partial charge in [-0.3, -0.25) is 9.55 Å². The molecule has 0 amide bonds. The molecule has 3 aromatic heterocycles. The van der Waals surface area contributed by atoms with Gasteiger partial charge in [-0.25, -0.2) is 4.98 Å². The molecule has 0 bridgehead atoms. The molecule has 0 spiro atoms. The first-order valence-electron chi connectivity index (χ1n) is 15.4. The molecule has 9 rings (SSSR count). The van der Waals surface area contributed by atoms with Gasteiger partial charge >= 0.3 is 0 Å². The fraction of sp³-hybridized carbons (Fsp3) is 0. The summed E-state index contributed by atoms with van der Waals surface area (Å²) in [5.41, 5.74) is 11.3. The van der Waals surface area contributed by atoms with Crippen LogP contribution in [0, 0.1) is 0 Å². The Morgan fingerprint density at radius 1 is 0.478 bits per heavy atom. The van der Waals surface area contributed by atoms with Crippen LogP contribution < -0.4 is 0 Å². The number of aromatic nitrogens is 3. The van der Waals surface area contributed by atoms with Gasteiger partial charge in [0.1, 0.15) is 5.82 Å². The van der Waals surface area contributed by atoms with E-state index in [0.29, 0.717) is 0 Å². The maximum atomic E-state index is 5.38. The predicted molar refractivity (Wildman–Crippen MR) is 193 cm³/mol. The second kappa shape index (κ2) is 11.0. The molecule has 0 unspecified atom stereocenters. The summed E-state index contributed by atoms with van der Waals surface area (Å²) in [6.07, 6.45) is 3.70. The molecular formula is C42H27N3S. The van der Waals surface area contributed by atoms with Crippen molar-refractivity contribution in [3.63, 3.8) is 0 Å². The van der Waals surface area contributed by atoms with Crippen molar-refractivity contribution in [2.45, 2.75) is 0 Å². The van der Waals surface area contributed by atoms with E-state index in [4.69, 9.17) is 4.98 Å². The van der Waals surface area contributed by atoms with Crippen molar-refractivity contribution in [1.29, 1.82) is 0 Å². The van der Waals surface area contributed by atoms with E-state index in [-0.39, 0.29) is 0 Å². The Bertz CT molecular complexity index is 2460. The smallest absolute Gasteiger partial charge is 0.147 e. The Balaban J connectivity index is 1.36. The van der Waals surface area contributed by atoms with E-state index in [0.717, 1.165) is 39.2 Å². The normalized spacial score (nSPS) is 11.5. The summed E-state index contributed by atoms with van der Waals surface area (Å²) < 4.78 is 4.88. The molecule has 0 saturated carbocycles. The zero-order valence-corrected chi connectivity index (χ0v) is 25.7. The summed E-state index contributed by atoms with van der Waals surface area (Å²) in [5, 5.41) is 2.51. The van der Waals surface area contributed by atoms with Crippen LogP contribution in [-0.4, -0.2) is 14.5 Å². The van der Waals surface area contributed by atoms with Gasteiger partial charge in [-0.2, -0.15) is 0 Å². The van der Waals surface area contributed by atoms with Gasteiger partial charge in [0, 0.05) is 49.3 Å². The number of hydrogen-bond acceptors (Lipinski definition) is 3. The number of benzene rings is 6. The monoisotopic (exact) mass is 605 g/mol. The minimum atomic E-state index is 0.938. The SMILES string of the molecule is c1ccc(-c2cccc(-c3ccccc3)c2-n2c(-c3cccc4c3sc3cc(-c5ccncc5)ccc34)nc3ccccc32)cc1. The Morgan fingerprint density at radius 3 is 1.87 bits per heavy atom. The third-order valence-corrected chi connectivity index (χ3v) is 9.95. The van der Waals surface area contributed by atoms with Crippen LogP contribution >= 0.6 is 11.3 Å². The maximum Gasteiger partial charge on any atom is 0.147 e. The maximum absolute atomic E-state index is 5.38. The van der Waals surface area contributed by atoms with Crippen LogP contribution in [0.1, 0.15) is 0 Å². The zero-order chi connectivity index (χ0) is 30.5. The van der Waals surface area contributed by atoms with Crippen molar-refractivity contribution < 1.29 is 0 Å². The molecule has 0 aliphatic carbocycles. The van der Waals surface area contributed by atoms with Crippen molar-refractivity contribution in [2.24, 2.45) is 0 Å². The van der Waals surface area contributed by atoms with Crippen LogP contribution in [0.3, 0.4) is 0 Å². The summed E-state index contributed by atoms with van der Waals surface area (Å²) in [6.45, 7) is 0. The van der Waals surface area contributed by atoms with Crippen LogP contribution in [0.15, 0.2) is 164 Å². The van der Waals surface area contributed by atoms with Crippen LogP contribution in [0.4, 0.5) is 0 Å². The largest absolute Gasteiger partial charge is 0.291 e. The number of thiophene rings is 1. The van der Waals surface area contributed by atoms with Crippen molar-refractivity contribution in [2.75, 3.05) is 0 Å². The quantitative estimate of drug-likeness (QED) is 0.195. The van der Waals surface area contributed by atoms with E-state index in [1.807, 2.05) is 23.7 Å². The van der Waals surface area contributed by atoms with Crippen LogP contribution in [0.2, 0.25) is 0 Å². The molecule has 0 aliphatic rings. The van der Waals surface area contributed by atoms with Gasteiger partial charge in [0.25, 0.3) is 0 Å².